The minimum Gasteiger partial charge on any atom is -0.496 e. The average Bonchev–Trinajstić information content (AvgIpc) is 3.58. The second kappa shape index (κ2) is 10.3. The summed E-state index contributed by atoms with van der Waals surface area (Å²) in [6.07, 6.45) is 6.31. The zero-order valence-corrected chi connectivity index (χ0v) is 20.7. The van der Waals surface area contributed by atoms with Crippen LogP contribution in [0.15, 0.2) is 54.7 Å². The smallest absolute Gasteiger partial charge is 0.255 e. The number of carbonyl (C=O) groups excluding carboxylic acids is 1. The van der Waals surface area contributed by atoms with Crippen LogP contribution in [0.25, 0.3) is 16.8 Å². The number of hydrogen-bond acceptors (Lipinski definition) is 6. The second-order valence-corrected chi connectivity index (χ2v) is 8.98. The number of nitrogens with zero attached hydrogens (tertiary/aromatic N) is 3. The van der Waals surface area contributed by atoms with Gasteiger partial charge < -0.3 is 20.5 Å². The van der Waals surface area contributed by atoms with Crippen LogP contribution in [0.4, 0.5) is 5.82 Å². The molecule has 0 spiro atoms. The molecular weight excluding hydrogens is 454 g/mol. The molecule has 0 aliphatic heterocycles. The minimum absolute atomic E-state index is 0.180. The van der Waals surface area contributed by atoms with Crippen LogP contribution < -0.4 is 20.5 Å². The predicted molar refractivity (Wildman–Crippen MR) is 139 cm³/mol. The van der Waals surface area contributed by atoms with Crippen molar-refractivity contribution >= 4 is 17.2 Å². The third kappa shape index (κ3) is 4.46. The van der Waals surface area contributed by atoms with E-state index in [0.29, 0.717) is 42.1 Å². The van der Waals surface area contributed by atoms with Gasteiger partial charge in [-0.25, -0.2) is 9.97 Å². The molecule has 2 aromatic carbocycles. The van der Waals surface area contributed by atoms with E-state index in [1.54, 1.807) is 25.4 Å². The van der Waals surface area contributed by atoms with E-state index in [-0.39, 0.29) is 5.91 Å². The minimum atomic E-state index is -0.180. The van der Waals surface area contributed by atoms with E-state index in [1.165, 1.54) is 12.8 Å². The maximum atomic E-state index is 12.6. The molecule has 0 unspecified atom stereocenters. The summed E-state index contributed by atoms with van der Waals surface area (Å²) < 4.78 is 13.3. The van der Waals surface area contributed by atoms with Gasteiger partial charge in [0.05, 0.1) is 25.5 Å². The fourth-order valence-electron chi connectivity index (χ4n) is 4.94. The van der Waals surface area contributed by atoms with Crippen LogP contribution in [0, 0.1) is 0 Å². The Bertz CT molecular complexity index is 1370. The highest BCUT2D eigenvalue weighted by molar-refractivity contribution is 5.96. The molecule has 4 aromatic rings. The standard InChI is InChI=1S/C28H31N5O3/c1-3-36-23-17-30-26(29)25-24(32-27(33(23)25)20-8-4-5-9-20)19-14-12-18(13-15-19)16-31-28(34)21-10-6-7-11-22(21)35-2/h6-7,10-15,17,20H,3-5,8-9,16H2,1-2H3,(H2,29,30)(H,31,34). The van der Waals surface area contributed by atoms with Crippen LogP contribution in [0.3, 0.4) is 0 Å². The number of nitrogens with two attached hydrogens (primary N) is 1. The molecule has 2 heterocycles. The molecule has 5 rings (SSSR count). The van der Waals surface area contributed by atoms with Crippen molar-refractivity contribution in [3.8, 4) is 22.9 Å². The number of methoxy groups -OCH3 is 1. The summed E-state index contributed by atoms with van der Waals surface area (Å²) in [6.45, 7) is 2.89. The van der Waals surface area contributed by atoms with Crippen molar-refractivity contribution in [3.63, 3.8) is 0 Å². The Morgan fingerprint density at radius 3 is 2.61 bits per heavy atom. The number of ether oxygens (including phenoxy) is 2. The number of benzene rings is 2. The molecule has 36 heavy (non-hydrogen) atoms. The molecule has 0 radical (unpaired) electrons. The Morgan fingerprint density at radius 1 is 1.14 bits per heavy atom. The van der Waals surface area contributed by atoms with Crippen molar-refractivity contribution in [2.24, 2.45) is 0 Å². The molecule has 8 nitrogen and oxygen atoms in total. The normalized spacial score (nSPS) is 13.7. The molecule has 1 saturated carbocycles. The zero-order valence-electron chi connectivity index (χ0n) is 20.7. The maximum absolute atomic E-state index is 12.6. The second-order valence-electron chi connectivity index (χ2n) is 8.98. The molecule has 1 aliphatic carbocycles. The summed E-state index contributed by atoms with van der Waals surface area (Å²) in [4.78, 5) is 22.1. The Balaban J connectivity index is 1.43. The first kappa shape index (κ1) is 23.7. The number of carbonyl (C=O) groups is 1. The van der Waals surface area contributed by atoms with Gasteiger partial charge >= 0.3 is 0 Å². The number of hydrogen-bond donors (Lipinski definition) is 2. The van der Waals surface area contributed by atoms with Gasteiger partial charge in [0.2, 0.25) is 5.88 Å². The monoisotopic (exact) mass is 485 g/mol. The number of fused-ring (bicyclic) bond motifs is 1. The van der Waals surface area contributed by atoms with Crippen LogP contribution >= 0.6 is 0 Å². The Labute approximate surface area is 210 Å². The third-order valence-corrected chi connectivity index (χ3v) is 6.73. The molecule has 1 aliphatic rings. The number of amides is 1. The van der Waals surface area contributed by atoms with E-state index in [4.69, 9.17) is 20.2 Å². The van der Waals surface area contributed by atoms with Crippen molar-refractivity contribution in [2.75, 3.05) is 19.5 Å². The Kier molecular flexibility index (Phi) is 6.75. The SMILES string of the molecule is CCOc1cnc(N)c2c(-c3ccc(CNC(=O)c4ccccc4OC)cc3)nc(C3CCCC3)n12. The largest absolute Gasteiger partial charge is 0.496 e. The highest BCUT2D eigenvalue weighted by Crippen LogP contribution is 2.39. The van der Waals surface area contributed by atoms with E-state index in [9.17, 15) is 4.79 Å². The van der Waals surface area contributed by atoms with Gasteiger partial charge in [-0.05, 0) is 37.5 Å². The number of imidazole rings is 1. The van der Waals surface area contributed by atoms with Crippen molar-refractivity contribution < 1.29 is 14.3 Å². The molecule has 8 heteroatoms. The lowest BCUT2D eigenvalue weighted by Crippen LogP contribution is -2.23. The number of aromatic nitrogens is 3. The summed E-state index contributed by atoms with van der Waals surface area (Å²) in [5, 5.41) is 2.97. The third-order valence-electron chi connectivity index (χ3n) is 6.73. The number of para-hydroxylation sites is 1. The summed E-state index contributed by atoms with van der Waals surface area (Å²) in [5.41, 5.74) is 10.4. The van der Waals surface area contributed by atoms with Gasteiger partial charge in [0, 0.05) is 18.0 Å². The van der Waals surface area contributed by atoms with Gasteiger partial charge in [-0.2, -0.15) is 0 Å². The zero-order chi connectivity index (χ0) is 25.1. The number of rotatable bonds is 8. The van der Waals surface area contributed by atoms with E-state index < -0.39 is 0 Å². The first-order valence-electron chi connectivity index (χ1n) is 12.4. The fraction of sp³-hybridized carbons (Fsp3) is 0.321. The van der Waals surface area contributed by atoms with Crippen molar-refractivity contribution in [1.82, 2.24) is 19.7 Å². The van der Waals surface area contributed by atoms with E-state index in [2.05, 4.69) is 14.7 Å². The Morgan fingerprint density at radius 2 is 1.89 bits per heavy atom. The van der Waals surface area contributed by atoms with Gasteiger partial charge in [-0.3, -0.25) is 9.20 Å². The van der Waals surface area contributed by atoms with Crippen LogP contribution in [0.5, 0.6) is 11.6 Å². The number of anilines is 1. The van der Waals surface area contributed by atoms with Crippen LogP contribution in [-0.2, 0) is 6.54 Å². The van der Waals surface area contributed by atoms with Crippen molar-refractivity contribution in [3.05, 3.63) is 71.7 Å². The van der Waals surface area contributed by atoms with Crippen molar-refractivity contribution in [1.29, 1.82) is 0 Å². The molecular formula is C28H31N5O3. The molecule has 1 fully saturated rings. The summed E-state index contributed by atoms with van der Waals surface area (Å²) in [6, 6.07) is 15.2. The lowest BCUT2D eigenvalue weighted by molar-refractivity contribution is 0.0948. The summed E-state index contributed by atoms with van der Waals surface area (Å²) in [5.74, 6) is 2.82. The first-order valence-corrected chi connectivity index (χ1v) is 12.4. The van der Waals surface area contributed by atoms with E-state index in [0.717, 1.165) is 41.0 Å². The van der Waals surface area contributed by atoms with Gasteiger partial charge in [0.15, 0.2) is 0 Å². The predicted octanol–water partition coefficient (Wildman–Crippen LogP) is 4.97. The topological polar surface area (TPSA) is 104 Å². The number of nitrogen functional groups attached to an aromatic ring is 1. The number of nitrogens with one attached hydrogen (secondary N) is 1. The lowest BCUT2D eigenvalue weighted by Gasteiger charge is -2.13. The van der Waals surface area contributed by atoms with Gasteiger partial charge in [-0.15, -0.1) is 0 Å². The lowest BCUT2D eigenvalue weighted by atomic mass is 10.1. The van der Waals surface area contributed by atoms with Gasteiger partial charge in [-0.1, -0.05) is 49.2 Å². The van der Waals surface area contributed by atoms with Crippen LogP contribution in [0.1, 0.15) is 60.3 Å². The molecule has 0 atom stereocenters. The van der Waals surface area contributed by atoms with Crippen LogP contribution in [-0.4, -0.2) is 34.0 Å². The molecule has 1 amide bonds. The summed E-state index contributed by atoms with van der Waals surface area (Å²) in [7, 11) is 1.56. The first-order chi connectivity index (χ1) is 17.6. The highest BCUT2D eigenvalue weighted by atomic mass is 16.5. The highest BCUT2D eigenvalue weighted by Gasteiger charge is 2.27. The molecule has 2 aromatic heterocycles. The average molecular weight is 486 g/mol. The quantitative estimate of drug-likeness (QED) is 0.365. The Hall–Kier alpha value is -4.07. The summed E-state index contributed by atoms with van der Waals surface area (Å²) >= 11 is 0. The van der Waals surface area contributed by atoms with E-state index in [1.807, 2.05) is 43.3 Å². The van der Waals surface area contributed by atoms with E-state index >= 15 is 0 Å². The molecule has 0 saturated heterocycles. The molecule has 0 bridgehead atoms. The fourth-order valence-corrected chi connectivity index (χ4v) is 4.94. The maximum Gasteiger partial charge on any atom is 0.255 e. The van der Waals surface area contributed by atoms with Gasteiger partial charge in [0.1, 0.15) is 28.6 Å². The van der Waals surface area contributed by atoms with Crippen molar-refractivity contribution in [2.45, 2.75) is 45.1 Å². The van der Waals surface area contributed by atoms with Crippen LogP contribution in [0.2, 0.25) is 0 Å². The van der Waals surface area contributed by atoms with Gasteiger partial charge in [0.25, 0.3) is 5.91 Å². The molecule has 3 N–H and O–H groups in total. The molecule has 186 valence electrons.